The second kappa shape index (κ2) is 12.8. The number of hydrogen-bond acceptors (Lipinski definition) is 7. The summed E-state index contributed by atoms with van der Waals surface area (Å²) in [6.45, 7) is 10.1. The van der Waals surface area contributed by atoms with Crippen LogP contribution in [0.4, 0.5) is 14.5 Å². The van der Waals surface area contributed by atoms with Crippen LogP contribution in [0, 0.1) is 0 Å². The highest BCUT2D eigenvalue weighted by atomic mass is 32.3. The number of halogens is 2. The molecule has 0 saturated carbocycles. The van der Waals surface area contributed by atoms with Crippen molar-refractivity contribution in [2.45, 2.75) is 75.4 Å². The minimum atomic E-state index is -3.24. The summed E-state index contributed by atoms with van der Waals surface area (Å²) in [4.78, 5) is 29.7. The second-order valence-electron chi connectivity index (χ2n) is 12.9. The number of fused-ring (bicyclic) bond motifs is 1. The number of alkyl halides is 2. The minimum Gasteiger partial charge on any atom is -0.435 e. The summed E-state index contributed by atoms with van der Waals surface area (Å²) in [6, 6.07) is 10.7. The zero-order valence-electron chi connectivity index (χ0n) is 25.6. The molecule has 0 bridgehead atoms. The lowest BCUT2D eigenvalue weighted by Gasteiger charge is -2.38. The molecule has 2 atom stereocenters. The number of rotatable bonds is 10. The third-order valence-corrected chi connectivity index (χ3v) is 14.9. The summed E-state index contributed by atoms with van der Waals surface area (Å²) in [7, 11) is -3.52. The molecular weight excluding hydrogens is 596 g/mol. The van der Waals surface area contributed by atoms with Crippen LogP contribution in [-0.2, 0) is 20.4 Å². The molecule has 13 heteroatoms. The molecule has 43 heavy (non-hydrogen) atoms. The largest absolute Gasteiger partial charge is 0.435 e. The van der Waals surface area contributed by atoms with Crippen LogP contribution in [0.1, 0.15) is 44.4 Å². The van der Waals surface area contributed by atoms with Crippen molar-refractivity contribution in [2.75, 3.05) is 37.8 Å². The summed E-state index contributed by atoms with van der Waals surface area (Å²) in [6.07, 6.45) is 0.930. The molecule has 0 radical (unpaired) electrons. The minimum absolute atomic E-state index is 0.0142. The molecule has 2 aliphatic heterocycles. The molecule has 1 saturated heterocycles. The van der Waals surface area contributed by atoms with E-state index < -0.39 is 43.2 Å². The molecule has 2 aromatic carbocycles. The quantitative estimate of drug-likeness (QED) is 0.266. The Hall–Kier alpha value is -2.55. The van der Waals surface area contributed by atoms with Crippen LogP contribution in [0.15, 0.2) is 47.4 Å². The first-order chi connectivity index (χ1) is 19.9. The number of nitrogens with zero attached hydrogens (tertiary/aromatic N) is 2. The fraction of sp³-hybridized carbons (Fsp3) is 0.533. The molecule has 1 unspecified atom stereocenters. The predicted octanol–water partition coefficient (Wildman–Crippen LogP) is 6.19. The van der Waals surface area contributed by atoms with Crippen LogP contribution in [0.25, 0.3) is 0 Å². The standard InChI is InChI=1S/C30H43F2N3O6SSi/c1-30(2,3)43(5,6)41-23-12-13-35(17-23)18-25(21-8-7-9-22(16-21)40-29(31)32)34(4)28(37)15-20-10-11-26-24(14-20)33-27(36)19-42(26,38)39/h7-11,14,16,23,25,29,38-39H,12-13,15,17-19H2,1-6H3,(H,33,36)/t23?,25-/m1/s1. The average molecular weight is 640 g/mol. The summed E-state index contributed by atoms with van der Waals surface area (Å²) in [5.74, 6) is -1.11. The van der Waals surface area contributed by atoms with E-state index in [0.29, 0.717) is 24.2 Å². The van der Waals surface area contributed by atoms with Crippen LogP contribution in [-0.4, -0.2) is 84.2 Å². The van der Waals surface area contributed by atoms with E-state index in [0.717, 1.165) is 13.0 Å². The van der Waals surface area contributed by atoms with Crippen LogP contribution in [0.5, 0.6) is 5.75 Å². The first-order valence-electron chi connectivity index (χ1n) is 14.3. The van der Waals surface area contributed by atoms with Gasteiger partial charge in [-0.2, -0.15) is 19.4 Å². The molecule has 4 rings (SSSR count). The maximum atomic E-state index is 13.6. The van der Waals surface area contributed by atoms with E-state index in [9.17, 15) is 27.5 Å². The first-order valence-corrected chi connectivity index (χ1v) is 19.0. The van der Waals surface area contributed by atoms with Crippen LogP contribution < -0.4 is 10.1 Å². The third kappa shape index (κ3) is 8.14. The monoisotopic (exact) mass is 639 g/mol. The second-order valence-corrected chi connectivity index (χ2v) is 19.7. The van der Waals surface area contributed by atoms with Gasteiger partial charge in [0, 0.05) is 26.7 Å². The van der Waals surface area contributed by atoms with Crippen molar-refractivity contribution >= 4 is 36.4 Å². The van der Waals surface area contributed by atoms with E-state index in [-0.39, 0.29) is 39.8 Å². The Morgan fingerprint density at radius 1 is 1.21 bits per heavy atom. The van der Waals surface area contributed by atoms with Gasteiger partial charge in [-0.1, -0.05) is 39.0 Å². The van der Waals surface area contributed by atoms with E-state index in [4.69, 9.17) is 4.43 Å². The van der Waals surface area contributed by atoms with Gasteiger partial charge in [0.1, 0.15) is 11.5 Å². The van der Waals surface area contributed by atoms with E-state index >= 15 is 0 Å². The van der Waals surface area contributed by atoms with Gasteiger partial charge in [0.15, 0.2) is 8.32 Å². The number of carbonyl (C=O) groups excluding carboxylic acids is 2. The van der Waals surface area contributed by atoms with Crippen molar-refractivity contribution in [3.63, 3.8) is 0 Å². The number of amides is 2. The van der Waals surface area contributed by atoms with Gasteiger partial charge in [-0.3, -0.25) is 23.6 Å². The third-order valence-electron chi connectivity index (χ3n) is 8.61. The summed E-state index contributed by atoms with van der Waals surface area (Å²) in [5, 5.41) is 2.73. The van der Waals surface area contributed by atoms with Crippen molar-refractivity contribution in [3.05, 3.63) is 53.6 Å². The number of anilines is 1. The zero-order chi connectivity index (χ0) is 31.7. The summed E-state index contributed by atoms with van der Waals surface area (Å²) in [5.41, 5.74) is 1.53. The van der Waals surface area contributed by atoms with Crippen LogP contribution in [0.3, 0.4) is 0 Å². The molecule has 238 valence electrons. The smallest absolute Gasteiger partial charge is 0.387 e. The van der Waals surface area contributed by atoms with Crippen LogP contribution in [0.2, 0.25) is 18.1 Å². The number of nitrogens with one attached hydrogen (secondary N) is 1. The highest BCUT2D eigenvalue weighted by Gasteiger charge is 2.41. The molecular formula is C30H43F2N3O6SSi. The molecule has 2 amide bonds. The van der Waals surface area contributed by atoms with Gasteiger partial charge >= 0.3 is 6.61 Å². The Kier molecular flexibility index (Phi) is 9.94. The van der Waals surface area contributed by atoms with Crippen molar-refractivity contribution in [1.82, 2.24) is 9.80 Å². The van der Waals surface area contributed by atoms with Gasteiger partial charge in [-0.05, 0) is 59.9 Å². The lowest BCUT2D eigenvalue weighted by molar-refractivity contribution is -0.131. The van der Waals surface area contributed by atoms with E-state index in [1.165, 1.54) is 12.1 Å². The van der Waals surface area contributed by atoms with Crippen molar-refractivity contribution in [2.24, 2.45) is 0 Å². The highest BCUT2D eigenvalue weighted by Crippen LogP contribution is 2.53. The lowest BCUT2D eigenvalue weighted by Crippen LogP contribution is -2.45. The maximum Gasteiger partial charge on any atom is 0.387 e. The summed E-state index contributed by atoms with van der Waals surface area (Å²) >= 11 is 0. The number of ether oxygens (including phenoxy) is 1. The molecule has 0 aromatic heterocycles. The Bertz CT molecular complexity index is 1340. The van der Waals surface area contributed by atoms with Gasteiger partial charge in [-0.15, -0.1) is 0 Å². The van der Waals surface area contributed by atoms with Crippen molar-refractivity contribution < 1.29 is 36.6 Å². The van der Waals surface area contributed by atoms with Gasteiger partial charge in [-0.25, -0.2) is 0 Å². The normalized spacial score (nSPS) is 20.3. The van der Waals surface area contributed by atoms with E-state index in [1.54, 1.807) is 42.3 Å². The number of likely N-dealkylation sites (tertiary alicyclic amines) is 1. The molecule has 3 N–H and O–H groups in total. The van der Waals surface area contributed by atoms with Gasteiger partial charge in [0.25, 0.3) is 0 Å². The van der Waals surface area contributed by atoms with E-state index in [2.05, 4.69) is 48.8 Å². The number of benzene rings is 2. The number of carbonyl (C=O) groups is 2. The molecule has 9 nitrogen and oxygen atoms in total. The number of hydrogen-bond donors (Lipinski definition) is 3. The van der Waals surface area contributed by atoms with E-state index in [1.807, 2.05) is 0 Å². The van der Waals surface area contributed by atoms with Crippen molar-refractivity contribution in [3.8, 4) is 5.75 Å². The zero-order valence-corrected chi connectivity index (χ0v) is 27.4. The SMILES string of the molecule is CN(C(=O)Cc1ccc2c(c1)NC(=O)CS2(O)O)[C@H](CN1CCC(O[Si](C)(C)C(C)(C)C)C1)c1cccc(OC(F)F)c1. The van der Waals surface area contributed by atoms with Gasteiger partial charge in [0.2, 0.25) is 11.8 Å². The van der Waals surface area contributed by atoms with Crippen molar-refractivity contribution in [1.29, 1.82) is 0 Å². The van der Waals surface area contributed by atoms with Gasteiger partial charge in [0.05, 0.1) is 29.1 Å². The highest BCUT2D eigenvalue weighted by molar-refractivity contribution is 8.25. The lowest BCUT2D eigenvalue weighted by atomic mass is 10.0. The molecule has 2 aromatic rings. The topological polar surface area (TPSA) is 112 Å². The first kappa shape index (κ1) is 33.3. The Labute approximate surface area is 255 Å². The summed E-state index contributed by atoms with van der Waals surface area (Å²) < 4.78 is 58.0. The molecule has 1 fully saturated rings. The predicted molar refractivity (Wildman–Crippen MR) is 166 cm³/mol. The Balaban J connectivity index is 1.54. The van der Waals surface area contributed by atoms with Gasteiger partial charge < -0.3 is 19.4 Å². The Morgan fingerprint density at radius 3 is 2.60 bits per heavy atom. The fourth-order valence-corrected chi connectivity index (χ4v) is 7.96. The average Bonchev–Trinajstić information content (AvgIpc) is 3.31. The maximum absolute atomic E-state index is 13.6. The van der Waals surface area contributed by atoms with Crippen LogP contribution >= 0.6 is 10.6 Å². The molecule has 0 aliphatic carbocycles. The number of likely N-dealkylation sites (N-methyl/N-ethyl adjacent to an activating group) is 1. The Morgan fingerprint density at radius 2 is 1.93 bits per heavy atom. The molecule has 2 heterocycles. The molecule has 2 aliphatic rings. The molecule has 0 spiro atoms. The fourth-order valence-electron chi connectivity index (χ4n) is 5.24.